The van der Waals surface area contributed by atoms with Gasteiger partial charge >= 0.3 is 6.01 Å². The number of carbonyl (C=O) groups is 1. The molecule has 0 spiro atoms. The Hall–Kier alpha value is -2.60. The Kier molecular flexibility index (Phi) is 5.19. The molecular formula is C19H19N3O2S. The quantitative estimate of drug-likeness (QED) is 0.667. The molecule has 1 heterocycles. The maximum atomic E-state index is 12.3. The second-order valence-corrected chi connectivity index (χ2v) is 7.57. The maximum Gasteiger partial charge on any atom is 0.322 e. The first-order valence-electron chi connectivity index (χ1n) is 8.00. The van der Waals surface area contributed by atoms with Crippen LogP contribution in [0.15, 0.2) is 57.8 Å². The largest absolute Gasteiger partial charge is 0.403 e. The Labute approximate surface area is 150 Å². The van der Waals surface area contributed by atoms with Crippen molar-refractivity contribution in [1.82, 2.24) is 10.2 Å². The lowest BCUT2D eigenvalue weighted by atomic mass is 10.1. The molecule has 1 aromatic heterocycles. The third-order valence-electron chi connectivity index (χ3n) is 3.43. The fourth-order valence-electron chi connectivity index (χ4n) is 2.21. The Morgan fingerprint density at radius 1 is 1.04 bits per heavy atom. The highest BCUT2D eigenvalue weighted by atomic mass is 32.2. The molecule has 3 rings (SSSR count). The standard InChI is InChI=1S/C19H19N3O2S/c1-12(2)25-16-10-8-14(9-11-16)17(23)20-19-22-21-18(24-19)15-6-4-13(3)5-7-15/h4-12H,1-3H3,(H,20,22,23). The minimum Gasteiger partial charge on any atom is -0.403 e. The van der Waals surface area contributed by atoms with Crippen molar-refractivity contribution in [3.05, 3.63) is 59.7 Å². The number of carbonyl (C=O) groups excluding carboxylic acids is 1. The topological polar surface area (TPSA) is 68.0 Å². The number of thioether (sulfide) groups is 1. The normalized spacial score (nSPS) is 10.9. The monoisotopic (exact) mass is 353 g/mol. The van der Waals surface area contributed by atoms with E-state index in [0.717, 1.165) is 16.0 Å². The van der Waals surface area contributed by atoms with E-state index < -0.39 is 0 Å². The van der Waals surface area contributed by atoms with Gasteiger partial charge in [0.05, 0.1) is 0 Å². The first kappa shape index (κ1) is 17.2. The van der Waals surface area contributed by atoms with Crippen molar-refractivity contribution in [2.45, 2.75) is 30.9 Å². The third-order valence-corrected chi connectivity index (χ3v) is 4.45. The lowest BCUT2D eigenvalue weighted by Crippen LogP contribution is -2.11. The minimum absolute atomic E-state index is 0.0845. The molecule has 0 saturated carbocycles. The number of nitrogens with one attached hydrogen (secondary N) is 1. The van der Waals surface area contributed by atoms with Crippen LogP contribution in [-0.2, 0) is 0 Å². The summed E-state index contributed by atoms with van der Waals surface area (Å²) in [4.78, 5) is 13.4. The summed E-state index contributed by atoms with van der Waals surface area (Å²) in [7, 11) is 0. The van der Waals surface area contributed by atoms with Crippen molar-refractivity contribution < 1.29 is 9.21 Å². The average molecular weight is 353 g/mol. The molecule has 0 aliphatic heterocycles. The molecular weight excluding hydrogens is 334 g/mol. The van der Waals surface area contributed by atoms with E-state index in [4.69, 9.17) is 4.42 Å². The van der Waals surface area contributed by atoms with E-state index >= 15 is 0 Å². The molecule has 5 nitrogen and oxygen atoms in total. The zero-order valence-corrected chi connectivity index (χ0v) is 15.1. The second kappa shape index (κ2) is 7.53. The number of hydrogen-bond donors (Lipinski definition) is 1. The molecule has 0 saturated heterocycles. The van der Waals surface area contributed by atoms with Gasteiger partial charge in [0.2, 0.25) is 5.89 Å². The lowest BCUT2D eigenvalue weighted by Gasteiger charge is -2.05. The first-order chi connectivity index (χ1) is 12.0. The third kappa shape index (κ3) is 4.48. The van der Waals surface area contributed by atoms with Crippen molar-refractivity contribution >= 4 is 23.7 Å². The molecule has 0 bridgehead atoms. The Balaban J connectivity index is 1.68. The lowest BCUT2D eigenvalue weighted by molar-refractivity contribution is 0.102. The van der Waals surface area contributed by atoms with Gasteiger partial charge in [-0.1, -0.05) is 36.6 Å². The Morgan fingerprint density at radius 2 is 1.72 bits per heavy atom. The number of hydrogen-bond acceptors (Lipinski definition) is 5. The second-order valence-electron chi connectivity index (χ2n) is 5.92. The van der Waals surface area contributed by atoms with E-state index in [1.54, 1.807) is 23.9 Å². The van der Waals surface area contributed by atoms with Crippen LogP contribution in [-0.4, -0.2) is 21.4 Å². The molecule has 0 aliphatic carbocycles. The molecule has 2 aromatic carbocycles. The van der Waals surface area contributed by atoms with E-state index in [1.807, 2.05) is 43.3 Å². The summed E-state index contributed by atoms with van der Waals surface area (Å²) in [5.74, 6) is 0.0965. The minimum atomic E-state index is -0.278. The number of amides is 1. The number of rotatable bonds is 5. The van der Waals surface area contributed by atoms with Gasteiger partial charge in [0.1, 0.15) is 0 Å². The van der Waals surface area contributed by atoms with Gasteiger partial charge in [-0.25, -0.2) is 0 Å². The molecule has 1 amide bonds. The van der Waals surface area contributed by atoms with Gasteiger partial charge in [-0.2, -0.15) is 0 Å². The summed E-state index contributed by atoms with van der Waals surface area (Å²) < 4.78 is 5.52. The van der Waals surface area contributed by atoms with Crippen LogP contribution in [0, 0.1) is 6.92 Å². The first-order valence-corrected chi connectivity index (χ1v) is 8.88. The zero-order valence-electron chi connectivity index (χ0n) is 14.3. The Morgan fingerprint density at radius 3 is 2.36 bits per heavy atom. The summed E-state index contributed by atoms with van der Waals surface area (Å²) in [6.07, 6.45) is 0. The molecule has 128 valence electrons. The molecule has 0 fully saturated rings. The van der Waals surface area contributed by atoms with E-state index in [9.17, 15) is 4.79 Å². The van der Waals surface area contributed by atoms with Crippen LogP contribution in [0.25, 0.3) is 11.5 Å². The molecule has 0 aliphatic rings. The highest BCUT2D eigenvalue weighted by Gasteiger charge is 2.13. The van der Waals surface area contributed by atoms with Gasteiger partial charge in [-0.05, 0) is 43.3 Å². The fraction of sp³-hybridized carbons (Fsp3) is 0.211. The van der Waals surface area contributed by atoms with Crippen molar-refractivity contribution in [3.8, 4) is 11.5 Å². The van der Waals surface area contributed by atoms with Crippen molar-refractivity contribution in [2.24, 2.45) is 0 Å². The van der Waals surface area contributed by atoms with Crippen molar-refractivity contribution in [1.29, 1.82) is 0 Å². The molecule has 25 heavy (non-hydrogen) atoms. The van der Waals surface area contributed by atoms with Gasteiger partial charge in [0.25, 0.3) is 5.91 Å². The molecule has 6 heteroatoms. The molecule has 0 radical (unpaired) electrons. The van der Waals surface area contributed by atoms with E-state index in [2.05, 4.69) is 29.4 Å². The van der Waals surface area contributed by atoms with Gasteiger partial charge in [-0.3, -0.25) is 10.1 Å². The number of nitrogens with zero attached hydrogens (tertiary/aromatic N) is 2. The molecule has 0 unspecified atom stereocenters. The molecule has 3 aromatic rings. The van der Waals surface area contributed by atoms with E-state index in [1.165, 1.54) is 0 Å². The highest BCUT2D eigenvalue weighted by molar-refractivity contribution is 7.99. The summed E-state index contributed by atoms with van der Waals surface area (Å²) in [5, 5.41) is 11.0. The SMILES string of the molecule is Cc1ccc(-c2nnc(NC(=O)c3ccc(SC(C)C)cc3)o2)cc1. The summed E-state index contributed by atoms with van der Waals surface area (Å²) in [5.41, 5.74) is 2.51. The van der Waals surface area contributed by atoms with E-state index in [0.29, 0.717) is 16.7 Å². The van der Waals surface area contributed by atoms with Crippen LogP contribution >= 0.6 is 11.8 Å². The average Bonchev–Trinajstić information content (AvgIpc) is 3.04. The predicted octanol–water partition coefficient (Wildman–Crippen LogP) is 4.80. The predicted molar refractivity (Wildman–Crippen MR) is 99.9 cm³/mol. The summed E-state index contributed by atoms with van der Waals surface area (Å²) >= 11 is 1.75. The number of benzene rings is 2. The van der Waals surface area contributed by atoms with Crippen LogP contribution < -0.4 is 5.32 Å². The van der Waals surface area contributed by atoms with Crippen LogP contribution in [0.1, 0.15) is 29.8 Å². The number of aryl methyl sites for hydroxylation is 1. The van der Waals surface area contributed by atoms with Crippen molar-refractivity contribution in [2.75, 3.05) is 5.32 Å². The van der Waals surface area contributed by atoms with Crippen LogP contribution in [0.5, 0.6) is 0 Å². The van der Waals surface area contributed by atoms with Crippen molar-refractivity contribution in [3.63, 3.8) is 0 Å². The number of aromatic nitrogens is 2. The van der Waals surface area contributed by atoms with Gasteiger partial charge in [0.15, 0.2) is 0 Å². The van der Waals surface area contributed by atoms with E-state index in [-0.39, 0.29) is 11.9 Å². The van der Waals surface area contributed by atoms with Crippen LogP contribution in [0.3, 0.4) is 0 Å². The fourth-order valence-corrected chi connectivity index (χ4v) is 3.05. The summed E-state index contributed by atoms with van der Waals surface area (Å²) in [6, 6.07) is 15.3. The van der Waals surface area contributed by atoms with Gasteiger partial charge < -0.3 is 4.42 Å². The maximum absolute atomic E-state index is 12.3. The molecule has 1 N–H and O–H groups in total. The summed E-state index contributed by atoms with van der Waals surface area (Å²) in [6.45, 7) is 6.27. The van der Waals surface area contributed by atoms with Crippen LogP contribution in [0.2, 0.25) is 0 Å². The van der Waals surface area contributed by atoms with Gasteiger partial charge in [-0.15, -0.1) is 16.9 Å². The van der Waals surface area contributed by atoms with Gasteiger partial charge in [0, 0.05) is 21.3 Å². The Bertz CT molecular complexity index is 855. The number of anilines is 1. The smallest absolute Gasteiger partial charge is 0.322 e. The van der Waals surface area contributed by atoms with Crippen LogP contribution in [0.4, 0.5) is 6.01 Å². The zero-order chi connectivity index (χ0) is 17.8. The molecule has 0 atom stereocenters. The highest BCUT2D eigenvalue weighted by Crippen LogP contribution is 2.24.